The number of hydrogen-bond acceptors (Lipinski definition) is 6. The Labute approximate surface area is 171 Å². The third kappa shape index (κ3) is 4.77. The van der Waals surface area contributed by atoms with E-state index >= 15 is 0 Å². The number of fused-ring (bicyclic) bond motifs is 1. The Balaban J connectivity index is 1.65. The largest absolute Gasteiger partial charge is 0.482 e. The lowest BCUT2D eigenvalue weighted by Gasteiger charge is -2.23. The Bertz CT molecular complexity index is 942. The van der Waals surface area contributed by atoms with Crippen LogP contribution in [0.15, 0.2) is 53.4 Å². The van der Waals surface area contributed by atoms with Crippen molar-refractivity contribution in [3.63, 3.8) is 0 Å². The summed E-state index contributed by atoms with van der Waals surface area (Å²) in [6, 6.07) is 14.2. The van der Waals surface area contributed by atoms with Gasteiger partial charge in [0.2, 0.25) is 10.0 Å². The van der Waals surface area contributed by atoms with Crippen molar-refractivity contribution >= 4 is 16.0 Å². The zero-order valence-corrected chi connectivity index (χ0v) is 17.4. The molecule has 8 heteroatoms. The van der Waals surface area contributed by atoms with Crippen LogP contribution in [0.2, 0.25) is 0 Å². The van der Waals surface area contributed by atoms with Gasteiger partial charge >= 0.3 is 5.97 Å². The lowest BCUT2D eigenvalue weighted by Crippen LogP contribution is -2.31. The first-order valence-electron chi connectivity index (χ1n) is 9.57. The number of benzene rings is 2. The quantitative estimate of drug-likeness (QED) is 0.582. The van der Waals surface area contributed by atoms with Gasteiger partial charge in [-0.1, -0.05) is 30.3 Å². The number of esters is 1. The third-order valence-corrected chi connectivity index (χ3v) is 6.48. The number of hydrogen-bond donors (Lipinski definition) is 0. The molecule has 0 aromatic heterocycles. The summed E-state index contributed by atoms with van der Waals surface area (Å²) >= 11 is 0. The molecular weight excluding hydrogens is 394 g/mol. The smallest absolute Gasteiger partial charge is 0.344 e. The summed E-state index contributed by atoms with van der Waals surface area (Å²) in [6.07, 6.45) is -0.0806. The molecule has 0 fully saturated rings. The minimum atomic E-state index is -3.59. The van der Waals surface area contributed by atoms with Crippen molar-refractivity contribution in [2.75, 3.05) is 26.4 Å². The lowest BCUT2D eigenvalue weighted by molar-refractivity contribution is -0.145. The molecule has 3 rings (SSSR count). The minimum Gasteiger partial charge on any atom is -0.482 e. The maximum Gasteiger partial charge on any atom is 0.344 e. The van der Waals surface area contributed by atoms with Gasteiger partial charge in [0.1, 0.15) is 5.75 Å². The van der Waals surface area contributed by atoms with Gasteiger partial charge in [-0.25, -0.2) is 13.2 Å². The van der Waals surface area contributed by atoms with Crippen LogP contribution in [0.5, 0.6) is 5.75 Å². The minimum absolute atomic E-state index is 0.145. The molecule has 1 aliphatic heterocycles. The highest BCUT2D eigenvalue weighted by atomic mass is 32.2. The van der Waals surface area contributed by atoms with Crippen molar-refractivity contribution in [3.8, 4) is 5.75 Å². The van der Waals surface area contributed by atoms with E-state index in [9.17, 15) is 13.2 Å². The predicted molar refractivity (Wildman–Crippen MR) is 107 cm³/mol. The fraction of sp³-hybridized carbons (Fsp3) is 0.381. The standard InChI is InChI=1S/C21H25NO6S/c1-3-26-20(23)15-28-17-11-9-16(10-12-17)13-14-22-21(27-4-2)18-7-5-6-8-19(18)29(22,24)25/h5-12,21H,3-4,13-15H2,1-2H3. The van der Waals surface area contributed by atoms with Gasteiger partial charge in [0.25, 0.3) is 0 Å². The fourth-order valence-electron chi connectivity index (χ4n) is 3.23. The van der Waals surface area contributed by atoms with Crippen molar-refractivity contribution in [3.05, 3.63) is 59.7 Å². The van der Waals surface area contributed by atoms with E-state index in [4.69, 9.17) is 14.2 Å². The highest BCUT2D eigenvalue weighted by Crippen LogP contribution is 2.39. The van der Waals surface area contributed by atoms with Gasteiger partial charge in [0, 0.05) is 18.7 Å². The van der Waals surface area contributed by atoms with Crippen LogP contribution in [0, 0.1) is 0 Å². The van der Waals surface area contributed by atoms with Crippen molar-refractivity contribution in [1.29, 1.82) is 0 Å². The SMILES string of the molecule is CCOC(=O)COc1ccc(CCN2C(OCC)c3ccccc3S2(=O)=O)cc1. The van der Waals surface area contributed by atoms with Gasteiger partial charge in [0.05, 0.1) is 11.5 Å². The Morgan fingerprint density at radius 1 is 1.03 bits per heavy atom. The molecule has 29 heavy (non-hydrogen) atoms. The highest BCUT2D eigenvalue weighted by Gasteiger charge is 2.42. The molecule has 0 spiro atoms. The van der Waals surface area contributed by atoms with E-state index < -0.39 is 22.2 Å². The molecule has 0 aliphatic carbocycles. The number of carbonyl (C=O) groups is 1. The van der Waals surface area contributed by atoms with Gasteiger partial charge in [-0.3, -0.25) is 0 Å². The monoisotopic (exact) mass is 419 g/mol. The van der Waals surface area contributed by atoms with E-state index in [1.165, 1.54) is 4.31 Å². The Morgan fingerprint density at radius 2 is 1.76 bits per heavy atom. The van der Waals surface area contributed by atoms with Crippen LogP contribution >= 0.6 is 0 Å². The van der Waals surface area contributed by atoms with Crippen LogP contribution in [0.3, 0.4) is 0 Å². The maximum absolute atomic E-state index is 12.9. The second-order valence-corrected chi connectivity index (χ2v) is 8.31. The topological polar surface area (TPSA) is 82.1 Å². The molecule has 0 saturated heterocycles. The number of carbonyl (C=O) groups excluding carboxylic acids is 1. The Hall–Kier alpha value is -2.42. The Kier molecular flexibility index (Phi) is 6.89. The van der Waals surface area contributed by atoms with Crippen molar-refractivity contribution in [2.45, 2.75) is 31.4 Å². The summed E-state index contributed by atoms with van der Waals surface area (Å²) in [5.41, 5.74) is 1.63. The number of nitrogens with zero attached hydrogens (tertiary/aromatic N) is 1. The molecule has 2 aromatic carbocycles. The van der Waals surface area contributed by atoms with Crippen LogP contribution in [0.25, 0.3) is 0 Å². The van der Waals surface area contributed by atoms with Crippen molar-refractivity contribution < 1.29 is 27.4 Å². The van der Waals surface area contributed by atoms with Crippen LogP contribution in [-0.4, -0.2) is 45.1 Å². The lowest BCUT2D eigenvalue weighted by atomic mass is 10.1. The summed E-state index contributed by atoms with van der Waals surface area (Å²) in [6.45, 7) is 4.46. The molecule has 0 bridgehead atoms. The molecule has 0 saturated carbocycles. The van der Waals surface area contributed by atoms with Crippen LogP contribution in [0.4, 0.5) is 0 Å². The first-order chi connectivity index (χ1) is 14.0. The van der Waals surface area contributed by atoms with Crippen LogP contribution in [0.1, 0.15) is 31.2 Å². The summed E-state index contributed by atoms with van der Waals surface area (Å²) in [5, 5.41) is 0. The normalized spacial score (nSPS) is 17.7. The number of rotatable bonds is 9. The Morgan fingerprint density at radius 3 is 2.45 bits per heavy atom. The molecule has 0 amide bonds. The average molecular weight is 419 g/mol. The molecule has 7 nitrogen and oxygen atoms in total. The zero-order chi connectivity index (χ0) is 20.9. The molecule has 1 unspecified atom stereocenters. The summed E-state index contributed by atoms with van der Waals surface area (Å²) in [7, 11) is -3.59. The van der Waals surface area contributed by atoms with E-state index in [0.29, 0.717) is 42.4 Å². The van der Waals surface area contributed by atoms with Gasteiger partial charge in [-0.15, -0.1) is 0 Å². The van der Waals surface area contributed by atoms with Gasteiger partial charge < -0.3 is 14.2 Å². The second-order valence-electron chi connectivity index (χ2n) is 6.45. The van der Waals surface area contributed by atoms with Gasteiger partial charge in [0.15, 0.2) is 12.8 Å². The molecule has 0 N–H and O–H groups in total. The van der Waals surface area contributed by atoms with Crippen molar-refractivity contribution in [2.24, 2.45) is 0 Å². The predicted octanol–water partition coefficient (Wildman–Crippen LogP) is 2.91. The third-order valence-electron chi connectivity index (χ3n) is 4.56. The summed E-state index contributed by atoms with van der Waals surface area (Å²) in [5.74, 6) is 0.132. The molecule has 0 radical (unpaired) electrons. The van der Waals surface area contributed by atoms with E-state index in [0.717, 1.165) is 5.56 Å². The molecule has 2 aromatic rings. The van der Waals surface area contributed by atoms with E-state index in [1.54, 1.807) is 37.3 Å². The van der Waals surface area contributed by atoms with E-state index in [2.05, 4.69) is 0 Å². The highest BCUT2D eigenvalue weighted by molar-refractivity contribution is 7.89. The van der Waals surface area contributed by atoms with E-state index in [-0.39, 0.29) is 6.61 Å². The zero-order valence-electron chi connectivity index (χ0n) is 16.5. The number of sulfonamides is 1. The molecule has 1 atom stereocenters. The van der Waals surface area contributed by atoms with Gasteiger partial charge in [-0.2, -0.15) is 4.31 Å². The molecule has 156 valence electrons. The summed E-state index contributed by atoms with van der Waals surface area (Å²) in [4.78, 5) is 11.7. The van der Waals surface area contributed by atoms with Crippen LogP contribution < -0.4 is 4.74 Å². The second kappa shape index (κ2) is 9.39. The first-order valence-corrected chi connectivity index (χ1v) is 11.0. The molecule has 1 aliphatic rings. The average Bonchev–Trinajstić information content (AvgIpc) is 2.93. The number of ether oxygens (including phenoxy) is 3. The van der Waals surface area contributed by atoms with Crippen LogP contribution in [-0.2, 0) is 30.7 Å². The van der Waals surface area contributed by atoms with E-state index in [1.807, 2.05) is 25.1 Å². The van der Waals surface area contributed by atoms with Gasteiger partial charge in [-0.05, 0) is 44.0 Å². The molecule has 1 heterocycles. The fourth-order valence-corrected chi connectivity index (χ4v) is 4.96. The van der Waals surface area contributed by atoms with Crippen molar-refractivity contribution in [1.82, 2.24) is 4.31 Å². The molecular formula is C21H25NO6S. The maximum atomic E-state index is 12.9. The summed E-state index contributed by atoms with van der Waals surface area (Å²) < 4.78 is 43.2. The first kappa shape index (κ1) is 21.3.